The number of amides is 1. The maximum Gasteiger partial charge on any atom is 0.407 e. The second kappa shape index (κ2) is 7.05. The minimum atomic E-state index is -0.984. The number of tetrazole rings is 1. The second-order valence-corrected chi connectivity index (χ2v) is 4.77. The molecule has 0 N–H and O–H groups in total. The molecule has 0 spiro atoms. The van der Waals surface area contributed by atoms with Crippen molar-refractivity contribution in [2.24, 2.45) is 0 Å². The van der Waals surface area contributed by atoms with E-state index in [1.165, 1.54) is 17.0 Å². The van der Waals surface area contributed by atoms with Gasteiger partial charge in [-0.15, -0.1) is 4.68 Å². The molecule has 2 aromatic rings. The molecular weight excluding hydrogens is 326 g/mol. The van der Waals surface area contributed by atoms with Crippen molar-refractivity contribution in [1.82, 2.24) is 24.9 Å². The first kappa shape index (κ1) is 16.7. The Morgan fingerprint density at radius 3 is 2.48 bits per heavy atom. The number of carbonyl (C=O) groups is 2. The van der Waals surface area contributed by atoms with E-state index >= 15 is 0 Å². The summed E-state index contributed by atoms with van der Waals surface area (Å²) in [7, 11) is 0. The molecule has 23 heavy (non-hydrogen) atoms. The third-order valence-corrected chi connectivity index (χ3v) is 3.36. The predicted molar refractivity (Wildman–Crippen MR) is 80.4 cm³/mol. The Hall–Kier alpha value is -2.68. The maximum atomic E-state index is 12.1. The van der Waals surface area contributed by atoms with Gasteiger partial charge in [-0.1, -0.05) is 23.7 Å². The summed E-state index contributed by atoms with van der Waals surface area (Å²) in [5.74, 6) is -0.889. The summed E-state index contributed by atoms with van der Waals surface area (Å²) in [6, 6.07) is 5.51. The molecule has 1 aromatic heterocycles. The molecule has 1 amide bonds. The van der Waals surface area contributed by atoms with Gasteiger partial charge in [0.1, 0.15) is 0 Å². The predicted octanol–water partition coefficient (Wildman–Crippen LogP) is 0.672. The largest absolute Gasteiger partial charge is 0.407 e. The highest BCUT2D eigenvalue weighted by Gasteiger charge is 2.21. The standard InChI is InChI=1S/C13H14ClN5O4/c1-3-17(4-2)12(21)18-13(22)19(16-15-18)23-11(20)9-7-5-6-8-10(9)14/h5-8H,3-4H2,1-2H3. The van der Waals surface area contributed by atoms with Gasteiger partial charge in [0.15, 0.2) is 0 Å². The molecule has 0 aliphatic carbocycles. The van der Waals surface area contributed by atoms with E-state index in [1.54, 1.807) is 26.0 Å². The molecule has 9 nitrogen and oxygen atoms in total. The zero-order valence-electron chi connectivity index (χ0n) is 12.5. The van der Waals surface area contributed by atoms with Gasteiger partial charge in [-0.2, -0.15) is 0 Å². The van der Waals surface area contributed by atoms with Crippen LogP contribution >= 0.6 is 11.6 Å². The Morgan fingerprint density at radius 2 is 1.87 bits per heavy atom. The molecule has 0 aliphatic rings. The van der Waals surface area contributed by atoms with Crippen LogP contribution < -0.4 is 10.5 Å². The van der Waals surface area contributed by atoms with Crippen LogP contribution in [-0.2, 0) is 0 Å². The fraction of sp³-hybridized carbons (Fsp3) is 0.308. The number of nitrogens with zero attached hydrogens (tertiary/aromatic N) is 5. The molecule has 122 valence electrons. The van der Waals surface area contributed by atoms with E-state index in [0.29, 0.717) is 22.6 Å². The first-order valence-corrected chi connectivity index (χ1v) is 7.18. The van der Waals surface area contributed by atoms with Crippen LogP contribution in [0, 0.1) is 0 Å². The monoisotopic (exact) mass is 339 g/mol. The molecule has 0 fully saturated rings. The molecule has 1 heterocycles. The molecule has 0 saturated heterocycles. The summed E-state index contributed by atoms with van der Waals surface area (Å²) < 4.78 is 0.521. The van der Waals surface area contributed by atoms with Crippen LogP contribution in [0.2, 0.25) is 5.02 Å². The van der Waals surface area contributed by atoms with Crippen molar-refractivity contribution in [3.63, 3.8) is 0 Å². The number of carbonyl (C=O) groups excluding carboxylic acids is 2. The van der Waals surface area contributed by atoms with Crippen molar-refractivity contribution >= 4 is 23.6 Å². The van der Waals surface area contributed by atoms with Crippen molar-refractivity contribution in [1.29, 1.82) is 0 Å². The summed E-state index contributed by atoms with van der Waals surface area (Å²) >= 11 is 5.87. The van der Waals surface area contributed by atoms with Gasteiger partial charge in [0, 0.05) is 13.1 Å². The molecule has 0 aliphatic heterocycles. The van der Waals surface area contributed by atoms with Crippen molar-refractivity contribution in [3.05, 3.63) is 45.3 Å². The number of halogens is 1. The summed E-state index contributed by atoms with van der Waals surface area (Å²) in [5, 5.41) is 6.95. The smallest absolute Gasteiger partial charge is 0.323 e. The topological polar surface area (TPSA) is 99.3 Å². The highest BCUT2D eigenvalue weighted by atomic mass is 35.5. The van der Waals surface area contributed by atoms with Gasteiger partial charge in [0.25, 0.3) is 0 Å². The summed E-state index contributed by atoms with van der Waals surface area (Å²) in [6.07, 6.45) is 0. The van der Waals surface area contributed by atoms with E-state index in [2.05, 4.69) is 10.4 Å². The van der Waals surface area contributed by atoms with Crippen LogP contribution in [-0.4, -0.2) is 49.9 Å². The van der Waals surface area contributed by atoms with Gasteiger partial charge in [-0.3, -0.25) is 0 Å². The number of rotatable bonds is 4. The molecular formula is C13H14ClN5O4. The van der Waals surface area contributed by atoms with E-state index in [0.717, 1.165) is 0 Å². The van der Waals surface area contributed by atoms with Crippen molar-refractivity contribution < 1.29 is 14.4 Å². The summed E-state index contributed by atoms with van der Waals surface area (Å²) in [5.41, 5.74) is -0.923. The average molecular weight is 340 g/mol. The average Bonchev–Trinajstić information content (AvgIpc) is 2.89. The van der Waals surface area contributed by atoms with E-state index in [1.807, 2.05) is 0 Å². The minimum absolute atomic E-state index is 0.0608. The second-order valence-electron chi connectivity index (χ2n) is 4.36. The number of aromatic nitrogens is 4. The van der Waals surface area contributed by atoms with Crippen LogP contribution in [0.15, 0.2) is 29.1 Å². The lowest BCUT2D eigenvalue weighted by atomic mass is 10.2. The molecule has 0 atom stereocenters. The first-order chi connectivity index (χ1) is 11.0. The van der Waals surface area contributed by atoms with Crippen molar-refractivity contribution in [2.75, 3.05) is 13.1 Å². The zero-order valence-corrected chi connectivity index (χ0v) is 13.2. The molecule has 0 bridgehead atoms. The van der Waals surface area contributed by atoms with E-state index in [4.69, 9.17) is 16.4 Å². The SMILES string of the molecule is CCN(CC)C(=O)n1nnn(OC(=O)c2ccccc2Cl)c1=O. The van der Waals surface area contributed by atoms with E-state index < -0.39 is 17.7 Å². The van der Waals surface area contributed by atoms with Crippen LogP contribution in [0.25, 0.3) is 0 Å². The molecule has 0 radical (unpaired) electrons. The van der Waals surface area contributed by atoms with Gasteiger partial charge >= 0.3 is 17.7 Å². The van der Waals surface area contributed by atoms with Crippen molar-refractivity contribution in [2.45, 2.75) is 13.8 Å². The van der Waals surface area contributed by atoms with Crippen molar-refractivity contribution in [3.8, 4) is 0 Å². The minimum Gasteiger partial charge on any atom is -0.323 e. The highest BCUT2D eigenvalue weighted by Crippen LogP contribution is 2.14. The Balaban J connectivity index is 2.23. The lowest BCUT2D eigenvalue weighted by molar-refractivity contribution is 0.0362. The highest BCUT2D eigenvalue weighted by molar-refractivity contribution is 6.33. The normalized spacial score (nSPS) is 10.4. The van der Waals surface area contributed by atoms with E-state index in [-0.39, 0.29) is 10.6 Å². The van der Waals surface area contributed by atoms with Gasteiger partial charge in [0.05, 0.1) is 10.6 Å². The van der Waals surface area contributed by atoms with Gasteiger partial charge in [-0.05, 0) is 41.3 Å². The van der Waals surface area contributed by atoms with Gasteiger partial charge in [-0.25, -0.2) is 14.4 Å². The first-order valence-electron chi connectivity index (χ1n) is 6.81. The lowest BCUT2D eigenvalue weighted by Gasteiger charge is -2.16. The molecule has 1 aromatic carbocycles. The van der Waals surface area contributed by atoms with Gasteiger partial charge < -0.3 is 9.74 Å². The third kappa shape index (κ3) is 3.39. The maximum absolute atomic E-state index is 12.1. The molecule has 0 unspecified atom stereocenters. The van der Waals surface area contributed by atoms with E-state index in [9.17, 15) is 14.4 Å². The fourth-order valence-corrected chi connectivity index (χ4v) is 2.01. The molecule has 0 saturated carbocycles. The van der Waals surface area contributed by atoms with Crippen LogP contribution in [0.3, 0.4) is 0 Å². The number of hydrogen-bond acceptors (Lipinski definition) is 6. The summed E-state index contributed by atoms with van der Waals surface area (Å²) in [4.78, 5) is 42.6. The molecule has 10 heteroatoms. The zero-order chi connectivity index (χ0) is 17.0. The Labute approximate surface area is 135 Å². The van der Waals surface area contributed by atoms with Crippen LogP contribution in [0.5, 0.6) is 0 Å². The molecule has 2 rings (SSSR count). The third-order valence-electron chi connectivity index (χ3n) is 3.03. The summed E-state index contributed by atoms with van der Waals surface area (Å²) in [6.45, 7) is 4.31. The fourth-order valence-electron chi connectivity index (χ4n) is 1.79. The van der Waals surface area contributed by atoms with Crippen LogP contribution in [0.4, 0.5) is 4.79 Å². The number of benzene rings is 1. The van der Waals surface area contributed by atoms with Crippen LogP contribution in [0.1, 0.15) is 24.2 Å². The van der Waals surface area contributed by atoms with Gasteiger partial charge in [0.2, 0.25) is 0 Å². The lowest BCUT2D eigenvalue weighted by Crippen LogP contribution is -2.42. The number of hydrogen-bond donors (Lipinski definition) is 0. The Morgan fingerprint density at radius 1 is 1.22 bits per heavy atom. The Kier molecular flexibility index (Phi) is 5.12. The quantitative estimate of drug-likeness (QED) is 0.599. The Bertz CT molecular complexity index is 781.